The molecule has 2 N–H and O–H groups in total. The summed E-state index contributed by atoms with van der Waals surface area (Å²) >= 11 is 0. The summed E-state index contributed by atoms with van der Waals surface area (Å²) < 4.78 is 1.79. The zero-order valence-corrected chi connectivity index (χ0v) is 12.2. The van der Waals surface area contributed by atoms with Crippen LogP contribution in [0, 0.1) is 11.3 Å². The van der Waals surface area contributed by atoms with Gasteiger partial charge in [-0.2, -0.15) is 5.10 Å². The number of aromatic nitrogens is 2. The minimum absolute atomic E-state index is 0.00606. The molecule has 1 saturated heterocycles. The van der Waals surface area contributed by atoms with Crippen LogP contribution in [0.25, 0.3) is 0 Å². The average Bonchev–Trinajstić information content (AvgIpc) is 2.92. The minimum Gasteiger partial charge on any atom is -0.355 e. The summed E-state index contributed by atoms with van der Waals surface area (Å²) in [5, 5.41) is 10.6. The van der Waals surface area contributed by atoms with Crippen molar-refractivity contribution in [2.24, 2.45) is 18.4 Å². The number of amides is 1. The van der Waals surface area contributed by atoms with Gasteiger partial charge in [-0.3, -0.25) is 9.48 Å². The molecule has 0 unspecified atom stereocenters. The van der Waals surface area contributed by atoms with Crippen LogP contribution in [0.4, 0.5) is 0 Å². The number of hydrogen-bond acceptors (Lipinski definition) is 3. The fourth-order valence-corrected chi connectivity index (χ4v) is 2.42. The lowest BCUT2D eigenvalue weighted by molar-refractivity contribution is -0.125. The highest BCUT2D eigenvalue weighted by Gasteiger charge is 2.34. The summed E-state index contributed by atoms with van der Waals surface area (Å²) in [7, 11) is 1.90. The van der Waals surface area contributed by atoms with Gasteiger partial charge in [-0.05, 0) is 11.0 Å². The quantitative estimate of drug-likeness (QED) is 0.852. The molecule has 0 aliphatic carbocycles. The van der Waals surface area contributed by atoms with E-state index in [-0.39, 0.29) is 23.2 Å². The van der Waals surface area contributed by atoms with E-state index in [1.54, 1.807) is 4.68 Å². The van der Waals surface area contributed by atoms with E-state index in [9.17, 15) is 4.79 Å². The normalized spacial score (nSPS) is 23.6. The first-order chi connectivity index (χ1) is 8.87. The van der Waals surface area contributed by atoms with E-state index in [0.29, 0.717) is 6.54 Å². The summed E-state index contributed by atoms with van der Waals surface area (Å²) in [6.07, 6.45) is 3.86. The first-order valence-electron chi connectivity index (χ1n) is 6.84. The largest absolute Gasteiger partial charge is 0.355 e. The molecular formula is C14H24N4O. The van der Waals surface area contributed by atoms with Crippen molar-refractivity contribution < 1.29 is 4.79 Å². The van der Waals surface area contributed by atoms with Gasteiger partial charge in [-0.1, -0.05) is 20.8 Å². The Labute approximate surface area is 114 Å². The third-order valence-corrected chi connectivity index (χ3v) is 3.50. The van der Waals surface area contributed by atoms with E-state index in [1.807, 2.05) is 19.4 Å². The van der Waals surface area contributed by atoms with Gasteiger partial charge in [0, 0.05) is 38.8 Å². The van der Waals surface area contributed by atoms with Gasteiger partial charge in [0.05, 0.1) is 12.1 Å². The number of hydrogen-bond donors (Lipinski definition) is 2. The standard InChI is InChI=1S/C14H24N4O/c1-14(2,3)9-16-13(19)12-7-15-6-11(12)10-5-17-18(4)8-10/h5,8,11-12,15H,6-7,9H2,1-4H3,(H,16,19)/t11-,12+/m1/s1. The van der Waals surface area contributed by atoms with Crippen molar-refractivity contribution in [1.29, 1.82) is 0 Å². The highest BCUT2D eigenvalue weighted by Crippen LogP contribution is 2.28. The molecule has 0 aromatic carbocycles. The van der Waals surface area contributed by atoms with Crippen molar-refractivity contribution in [3.8, 4) is 0 Å². The third-order valence-electron chi connectivity index (χ3n) is 3.50. The van der Waals surface area contributed by atoms with Gasteiger partial charge in [-0.15, -0.1) is 0 Å². The number of nitrogens with one attached hydrogen (secondary N) is 2. The molecule has 0 spiro atoms. The molecule has 2 heterocycles. The van der Waals surface area contributed by atoms with Crippen LogP contribution in [0.2, 0.25) is 0 Å². The van der Waals surface area contributed by atoms with Gasteiger partial charge < -0.3 is 10.6 Å². The Morgan fingerprint density at radius 2 is 2.26 bits per heavy atom. The Kier molecular flexibility index (Phi) is 3.94. The van der Waals surface area contributed by atoms with Crippen molar-refractivity contribution >= 4 is 5.91 Å². The first-order valence-corrected chi connectivity index (χ1v) is 6.84. The molecule has 19 heavy (non-hydrogen) atoms. The molecule has 5 nitrogen and oxygen atoms in total. The molecule has 1 aromatic heterocycles. The number of carbonyl (C=O) groups excluding carboxylic acids is 1. The van der Waals surface area contributed by atoms with E-state index in [1.165, 1.54) is 0 Å². The van der Waals surface area contributed by atoms with Gasteiger partial charge in [0.15, 0.2) is 0 Å². The monoisotopic (exact) mass is 264 g/mol. The highest BCUT2D eigenvalue weighted by atomic mass is 16.1. The molecule has 5 heteroatoms. The highest BCUT2D eigenvalue weighted by molar-refractivity contribution is 5.80. The van der Waals surface area contributed by atoms with Crippen LogP contribution in [-0.4, -0.2) is 35.3 Å². The lowest BCUT2D eigenvalue weighted by atomic mass is 9.89. The summed E-state index contributed by atoms with van der Waals surface area (Å²) in [5.74, 6) is 0.383. The number of aryl methyl sites for hydroxylation is 1. The number of nitrogens with zero attached hydrogens (tertiary/aromatic N) is 2. The first kappa shape index (κ1) is 14.1. The fraction of sp³-hybridized carbons (Fsp3) is 0.714. The SMILES string of the molecule is Cn1cc([C@H]2CNC[C@@H]2C(=O)NCC(C)(C)C)cn1. The molecule has 1 aliphatic rings. The van der Waals surface area contributed by atoms with Crippen LogP contribution in [0.15, 0.2) is 12.4 Å². The van der Waals surface area contributed by atoms with Crippen molar-refractivity contribution in [3.63, 3.8) is 0 Å². The fourth-order valence-electron chi connectivity index (χ4n) is 2.42. The molecule has 0 saturated carbocycles. The minimum atomic E-state index is 0.00606. The summed E-state index contributed by atoms with van der Waals surface area (Å²) in [5.41, 5.74) is 1.26. The van der Waals surface area contributed by atoms with Crippen LogP contribution in [0.5, 0.6) is 0 Å². The molecule has 2 rings (SSSR count). The van der Waals surface area contributed by atoms with Crippen molar-refractivity contribution in [1.82, 2.24) is 20.4 Å². The zero-order valence-electron chi connectivity index (χ0n) is 12.2. The Balaban J connectivity index is 2.00. The second-order valence-corrected chi connectivity index (χ2v) is 6.60. The lowest BCUT2D eigenvalue weighted by Crippen LogP contribution is -2.38. The van der Waals surface area contributed by atoms with Gasteiger partial charge >= 0.3 is 0 Å². The molecular weight excluding hydrogens is 240 g/mol. The van der Waals surface area contributed by atoms with Gasteiger partial charge in [-0.25, -0.2) is 0 Å². The molecule has 1 fully saturated rings. The summed E-state index contributed by atoms with van der Waals surface area (Å²) in [4.78, 5) is 12.3. The van der Waals surface area contributed by atoms with E-state index in [0.717, 1.165) is 18.7 Å². The molecule has 1 aliphatic heterocycles. The second kappa shape index (κ2) is 5.33. The number of carbonyl (C=O) groups is 1. The van der Waals surface area contributed by atoms with Crippen LogP contribution in [0.1, 0.15) is 32.3 Å². The van der Waals surface area contributed by atoms with Crippen molar-refractivity contribution in [2.45, 2.75) is 26.7 Å². The van der Waals surface area contributed by atoms with Crippen LogP contribution < -0.4 is 10.6 Å². The van der Waals surface area contributed by atoms with Gasteiger partial charge in [0.25, 0.3) is 0 Å². The smallest absolute Gasteiger partial charge is 0.225 e. The maximum Gasteiger partial charge on any atom is 0.225 e. The van der Waals surface area contributed by atoms with E-state index < -0.39 is 0 Å². The zero-order chi connectivity index (χ0) is 14.0. The molecule has 2 atom stereocenters. The van der Waals surface area contributed by atoms with Crippen molar-refractivity contribution in [3.05, 3.63) is 18.0 Å². The maximum absolute atomic E-state index is 12.3. The topological polar surface area (TPSA) is 59.0 Å². The Hall–Kier alpha value is -1.36. The maximum atomic E-state index is 12.3. The van der Waals surface area contributed by atoms with Gasteiger partial charge in [0.1, 0.15) is 0 Å². The molecule has 106 valence electrons. The summed E-state index contributed by atoms with van der Waals surface area (Å²) in [6.45, 7) is 8.67. The van der Waals surface area contributed by atoms with E-state index >= 15 is 0 Å². The Morgan fingerprint density at radius 3 is 2.84 bits per heavy atom. The lowest BCUT2D eigenvalue weighted by Gasteiger charge is -2.22. The van der Waals surface area contributed by atoms with E-state index in [4.69, 9.17) is 0 Å². The number of rotatable bonds is 3. The summed E-state index contributed by atoms with van der Waals surface area (Å²) in [6, 6.07) is 0. The molecule has 1 aromatic rings. The predicted molar refractivity (Wildman–Crippen MR) is 74.8 cm³/mol. The second-order valence-electron chi connectivity index (χ2n) is 6.60. The molecule has 1 amide bonds. The molecule has 0 bridgehead atoms. The Bertz CT molecular complexity index is 447. The molecule has 0 radical (unpaired) electrons. The van der Waals surface area contributed by atoms with Gasteiger partial charge in [0.2, 0.25) is 5.91 Å². The van der Waals surface area contributed by atoms with Crippen molar-refractivity contribution in [2.75, 3.05) is 19.6 Å². The average molecular weight is 264 g/mol. The third kappa shape index (κ3) is 3.56. The van der Waals surface area contributed by atoms with Crippen LogP contribution in [-0.2, 0) is 11.8 Å². The predicted octanol–water partition coefficient (Wildman–Crippen LogP) is 0.885. The van der Waals surface area contributed by atoms with Crippen LogP contribution in [0.3, 0.4) is 0 Å². The Morgan fingerprint density at radius 1 is 1.53 bits per heavy atom. The van der Waals surface area contributed by atoms with E-state index in [2.05, 4.69) is 36.5 Å². The van der Waals surface area contributed by atoms with Crippen LogP contribution >= 0.6 is 0 Å².